The minimum absolute atomic E-state index is 0.0161. The van der Waals surface area contributed by atoms with Gasteiger partial charge in [-0.15, -0.1) is 0 Å². The lowest BCUT2D eigenvalue weighted by atomic mass is 10.3. The lowest BCUT2D eigenvalue weighted by Gasteiger charge is -2.20. The van der Waals surface area contributed by atoms with E-state index >= 15 is 0 Å². The highest BCUT2D eigenvalue weighted by molar-refractivity contribution is 7.89. The van der Waals surface area contributed by atoms with Crippen molar-refractivity contribution in [3.05, 3.63) is 79.8 Å². The number of carbonyl (C=O) groups excluding carboxylic acids is 1. The van der Waals surface area contributed by atoms with Crippen LogP contribution in [0.2, 0.25) is 5.02 Å². The Labute approximate surface area is 209 Å². The molecule has 0 aliphatic carbocycles. The third-order valence-electron chi connectivity index (χ3n) is 4.41. The average molecular weight is 567 g/mol. The molecule has 0 spiro atoms. The van der Waals surface area contributed by atoms with Gasteiger partial charge in [0.15, 0.2) is 11.6 Å². The molecule has 0 bridgehead atoms. The molecule has 0 saturated carbocycles. The van der Waals surface area contributed by atoms with Crippen molar-refractivity contribution in [2.24, 2.45) is 7.05 Å². The van der Waals surface area contributed by atoms with Crippen molar-refractivity contribution in [3.8, 4) is 17.4 Å². The number of pyridine rings is 1. The summed E-state index contributed by atoms with van der Waals surface area (Å²) in [6.45, 7) is 0. The number of nitrogens with zero attached hydrogens (tertiary/aromatic N) is 3. The molecule has 17 heteroatoms. The number of hydrogen-bond donors (Lipinski definition) is 1. The van der Waals surface area contributed by atoms with Crippen molar-refractivity contribution >= 4 is 27.5 Å². The molecule has 1 unspecified atom stereocenters. The van der Waals surface area contributed by atoms with Gasteiger partial charge in [0.05, 0.1) is 6.26 Å². The number of aromatic nitrogens is 3. The van der Waals surface area contributed by atoms with Crippen molar-refractivity contribution < 1.29 is 40.2 Å². The van der Waals surface area contributed by atoms with Crippen LogP contribution in [0.15, 0.2) is 52.1 Å². The number of amides is 1. The number of benzene rings is 1. The van der Waals surface area contributed by atoms with Crippen molar-refractivity contribution in [2.45, 2.75) is 12.5 Å². The predicted molar refractivity (Wildman–Crippen MR) is 120 cm³/mol. The monoisotopic (exact) mass is 566 g/mol. The van der Waals surface area contributed by atoms with Gasteiger partial charge in [0.2, 0.25) is 15.9 Å². The summed E-state index contributed by atoms with van der Waals surface area (Å²) in [5.74, 6) is -4.69. The van der Waals surface area contributed by atoms with Gasteiger partial charge in [-0.25, -0.2) is 26.9 Å². The first kappa shape index (κ1) is 27.7. The quantitative estimate of drug-likeness (QED) is 0.336. The molecule has 0 saturated heterocycles. The van der Waals surface area contributed by atoms with Gasteiger partial charge in [-0.2, -0.15) is 18.2 Å². The fraction of sp³-hybridized carbons (Fsp3) is 0.200. The molecular weight excluding hydrogens is 552 g/mol. The van der Waals surface area contributed by atoms with Gasteiger partial charge in [-0.3, -0.25) is 14.2 Å². The van der Waals surface area contributed by atoms with Gasteiger partial charge < -0.3 is 9.47 Å². The molecule has 3 aromatic rings. The van der Waals surface area contributed by atoms with Gasteiger partial charge in [0.1, 0.15) is 16.5 Å². The van der Waals surface area contributed by atoms with Crippen LogP contribution in [0.5, 0.6) is 11.6 Å². The zero-order valence-corrected chi connectivity index (χ0v) is 20.2. The van der Waals surface area contributed by atoms with Crippen LogP contribution < -0.4 is 25.4 Å². The lowest BCUT2D eigenvalue weighted by molar-refractivity contribution is -0.144. The number of alkyl halides is 3. The normalized spacial score (nSPS) is 12.6. The number of nitrogens with one attached hydrogen (secondary N) is 1. The minimum atomic E-state index is -5.07. The van der Waals surface area contributed by atoms with Crippen LogP contribution >= 0.6 is 11.6 Å². The summed E-state index contributed by atoms with van der Waals surface area (Å²) in [5.41, 5.74) is -4.79. The molecular formula is C20H15ClF4N4O7S. The van der Waals surface area contributed by atoms with Crippen LogP contribution in [0.3, 0.4) is 0 Å². The summed E-state index contributed by atoms with van der Waals surface area (Å²) in [5, 5.41) is -0.619. The summed E-state index contributed by atoms with van der Waals surface area (Å²) in [7, 11) is -3.41. The van der Waals surface area contributed by atoms with Crippen molar-refractivity contribution in [2.75, 3.05) is 6.26 Å². The summed E-state index contributed by atoms with van der Waals surface area (Å²) < 4.78 is 89.3. The van der Waals surface area contributed by atoms with Gasteiger partial charge in [0, 0.05) is 19.2 Å². The van der Waals surface area contributed by atoms with E-state index in [2.05, 4.69) is 4.98 Å². The molecule has 3 rings (SSSR count). The van der Waals surface area contributed by atoms with Crippen molar-refractivity contribution in [3.63, 3.8) is 0 Å². The molecule has 0 radical (unpaired) electrons. The van der Waals surface area contributed by atoms with Gasteiger partial charge in [-0.05, 0) is 12.1 Å². The second kappa shape index (κ2) is 10.2. The van der Waals surface area contributed by atoms with E-state index in [0.29, 0.717) is 19.4 Å². The maximum Gasteiger partial charge on any atom is 0.431 e. The Kier molecular flexibility index (Phi) is 7.64. The highest BCUT2D eigenvalue weighted by atomic mass is 35.5. The molecule has 0 fully saturated rings. The predicted octanol–water partition coefficient (Wildman–Crippen LogP) is 1.60. The molecule has 37 heavy (non-hydrogen) atoms. The zero-order valence-electron chi connectivity index (χ0n) is 18.6. The van der Waals surface area contributed by atoms with E-state index in [1.165, 1.54) is 24.3 Å². The first-order valence-electron chi connectivity index (χ1n) is 9.75. The molecule has 11 nitrogen and oxygen atoms in total. The topological polar surface area (TPSA) is 139 Å². The van der Waals surface area contributed by atoms with E-state index in [1.807, 2.05) is 0 Å². The van der Waals surface area contributed by atoms with E-state index in [4.69, 9.17) is 21.1 Å². The van der Waals surface area contributed by atoms with Crippen LogP contribution in [0.25, 0.3) is 5.82 Å². The Morgan fingerprint density at radius 2 is 1.76 bits per heavy atom. The van der Waals surface area contributed by atoms with Crippen molar-refractivity contribution in [1.29, 1.82) is 0 Å². The van der Waals surface area contributed by atoms with E-state index in [0.717, 1.165) is 0 Å². The Morgan fingerprint density at radius 1 is 1.14 bits per heavy atom. The van der Waals surface area contributed by atoms with Crippen LogP contribution in [0, 0.1) is 5.82 Å². The van der Waals surface area contributed by atoms with Crippen LogP contribution in [0.1, 0.15) is 5.69 Å². The number of halogens is 5. The Balaban J connectivity index is 2.12. The number of para-hydroxylation sites is 1. The summed E-state index contributed by atoms with van der Waals surface area (Å²) >= 11 is 5.92. The second-order valence-electron chi connectivity index (χ2n) is 7.24. The third-order valence-corrected chi connectivity index (χ3v) is 5.25. The molecule has 2 aromatic heterocycles. The van der Waals surface area contributed by atoms with Gasteiger partial charge in [0.25, 0.3) is 5.56 Å². The average Bonchev–Trinajstić information content (AvgIpc) is 2.77. The minimum Gasteiger partial charge on any atom is -0.446 e. The largest absolute Gasteiger partial charge is 0.446 e. The fourth-order valence-corrected chi connectivity index (χ4v) is 3.50. The molecule has 2 heterocycles. The highest BCUT2D eigenvalue weighted by Gasteiger charge is 2.35. The first-order chi connectivity index (χ1) is 17.1. The second-order valence-corrected chi connectivity index (χ2v) is 9.40. The van der Waals surface area contributed by atoms with E-state index in [-0.39, 0.29) is 21.0 Å². The van der Waals surface area contributed by atoms with Gasteiger partial charge >= 0.3 is 24.1 Å². The fourth-order valence-electron chi connectivity index (χ4n) is 2.86. The molecule has 0 aliphatic rings. The number of rotatable bonds is 7. The summed E-state index contributed by atoms with van der Waals surface area (Å²) in [6.07, 6.45) is -6.51. The number of sulfonamides is 1. The van der Waals surface area contributed by atoms with Gasteiger partial charge in [-0.1, -0.05) is 29.8 Å². The molecule has 1 amide bonds. The van der Waals surface area contributed by atoms with Crippen molar-refractivity contribution in [1.82, 2.24) is 18.8 Å². The molecule has 1 N–H and O–H groups in total. The Hall–Kier alpha value is -3.92. The third kappa shape index (κ3) is 6.45. The maximum absolute atomic E-state index is 14.7. The summed E-state index contributed by atoms with van der Waals surface area (Å²) in [4.78, 5) is 40.9. The van der Waals surface area contributed by atoms with Crippen LogP contribution in [0.4, 0.5) is 17.6 Å². The summed E-state index contributed by atoms with van der Waals surface area (Å²) in [6, 6.07) is 7.94. The maximum atomic E-state index is 14.7. The Morgan fingerprint density at radius 3 is 2.32 bits per heavy atom. The van der Waals surface area contributed by atoms with E-state index in [9.17, 15) is 40.4 Å². The Bertz CT molecular complexity index is 1570. The molecule has 198 valence electrons. The first-order valence-corrected chi connectivity index (χ1v) is 12.0. The number of carbonyl (C=O) groups is 1. The molecule has 1 atom stereocenters. The highest BCUT2D eigenvalue weighted by Crippen LogP contribution is 2.29. The SMILES string of the molecule is Cn1c(C(F)(F)F)cc(=O)n(-c2nc(OC(Oc3ccccc3)C(=O)NS(C)(=O)=O)c(Cl)cc2F)c1=O. The number of hydrogen-bond acceptors (Lipinski definition) is 8. The lowest BCUT2D eigenvalue weighted by Crippen LogP contribution is -2.44. The van der Waals surface area contributed by atoms with E-state index < -0.39 is 67.9 Å². The number of ether oxygens (including phenoxy) is 2. The van der Waals surface area contributed by atoms with E-state index in [1.54, 1.807) is 10.8 Å². The van der Waals surface area contributed by atoms with Crippen LogP contribution in [-0.2, 0) is 28.0 Å². The molecule has 0 aliphatic heterocycles. The zero-order chi connectivity index (χ0) is 27.7. The standard InChI is InChI=1S/C20H15ClF4N4O7S/c1-28-13(20(23,24)25)9-14(30)29(19(28)32)15-12(22)8-11(21)17(26-15)36-18(16(31)27-37(2,33)34)35-10-6-4-3-5-7-10/h3-9,18H,1-2H3,(H,27,31). The van der Waals surface area contributed by atoms with Crippen LogP contribution in [-0.4, -0.2) is 41.0 Å². The smallest absolute Gasteiger partial charge is 0.431 e. The molecule has 1 aromatic carbocycles.